The number of hydrogen-bond donors (Lipinski definition) is 0. The molecule has 3 aromatic rings. The first-order chi connectivity index (χ1) is 11.1. The van der Waals surface area contributed by atoms with Crippen molar-refractivity contribution in [2.45, 2.75) is 13.8 Å². The molecule has 0 aliphatic heterocycles. The second kappa shape index (κ2) is 6.04. The number of benzene rings is 1. The maximum absolute atomic E-state index is 12.3. The Morgan fingerprint density at radius 3 is 2.43 bits per heavy atom. The third-order valence-corrected chi connectivity index (χ3v) is 3.74. The summed E-state index contributed by atoms with van der Waals surface area (Å²) in [6.07, 6.45) is 1.69. The zero-order valence-corrected chi connectivity index (χ0v) is 13.3. The third kappa shape index (κ3) is 2.61. The van der Waals surface area contributed by atoms with Crippen LogP contribution in [0.4, 0.5) is 0 Å². The summed E-state index contributed by atoms with van der Waals surface area (Å²) in [6.45, 7) is 3.80. The summed E-state index contributed by atoms with van der Waals surface area (Å²) < 4.78 is 6.69. The van der Waals surface area contributed by atoms with Crippen molar-refractivity contribution in [1.82, 2.24) is 14.8 Å². The fourth-order valence-corrected chi connectivity index (χ4v) is 2.57. The number of para-hydroxylation sites is 1. The monoisotopic (exact) mass is 307 g/mol. The lowest BCUT2D eigenvalue weighted by molar-refractivity contribution is 0.0600. The van der Waals surface area contributed by atoms with E-state index < -0.39 is 5.97 Å². The molecule has 0 radical (unpaired) electrons. The van der Waals surface area contributed by atoms with Crippen molar-refractivity contribution in [3.05, 3.63) is 65.5 Å². The van der Waals surface area contributed by atoms with Crippen LogP contribution < -0.4 is 0 Å². The average molecular weight is 307 g/mol. The second-order valence-electron chi connectivity index (χ2n) is 5.22. The van der Waals surface area contributed by atoms with Gasteiger partial charge in [0.2, 0.25) is 0 Å². The lowest BCUT2D eigenvalue weighted by atomic mass is 10.1. The van der Waals surface area contributed by atoms with E-state index >= 15 is 0 Å². The van der Waals surface area contributed by atoms with Gasteiger partial charge in [0.15, 0.2) is 0 Å². The molecule has 0 saturated carbocycles. The smallest absolute Gasteiger partial charge is 0.342 e. The number of methoxy groups -OCH3 is 1. The summed E-state index contributed by atoms with van der Waals surface area (Å²) >= 11 is 0. The van der Waals surface area contributed by atoms with E-state index in [1.54, 1.807) is 10.9 Å². The number of carbonyl (C=O) groups is 1. The van der Waals surface area contributed by atoms with Crippen LogP contribution in [0, 0.1) is 13.8 Å². The standard InChI is InChI=1S/C18H17N3O2/c1-12-8-7-11-19-16(12)17-15(18(22)23-3)13(2)21(20-17)14-9-5-4-6-10-14/h4-11H,1-3H3. The third-order valence-electron chi connectivity index (χ3n) is 3.74. The van der Waals surface area contributed by atoms with E-state index in [0.29, 0.717) is 17.0 Å². The van der Waals surface area contributed by atoms with E-state index in [2.05, 4.69) is 10.1 Å². The van der Waals surface area contributed by atoms with Crippen molar-refractivity contribution in [1.29, 1.82) is 0 Å². The van der Waals surface area contributed by atoms with E-state index in [0.717, 1.165) is 16.9 Å². The highest BCUT2D eigenvalue weighted by Crippen LogP contribution is 2.28. The first-order valence-electron chi connectivity index (χ1n) is 7.29. The van der Waals surface area contributed by atoms with Crippen molar-refractivity contribution in [3.63, 3.8) is 0 Å². The molecule has 0 bridgehead atoms. The minimum atomic E-state index is -0.412. The Bertz CT molecular complexity index is 854. The highest BCUT2D eigenvalue weighted by molar-refractivity contribution is 5.97. The number of aryl methyl sites for hydroxylation is 1. The maximum Gasteiger partial charge on any atom is 0.342 e. The number of rotatable bonds is 3. The van der Waals surface area contributed by atoms with Gasteiger partial charge in [0.05, 0.1) is 24.2 Å². The van der Waals surface area contributed by atoms with Gasteiger partial charge in [-0.1, -0.05) is 24.3 Å². The summed E-state index contributed by atoms with van der Waals surface area (Å²) in [5.74, 6) is -0.412. The number of nitrogens with zero attached hydrogens (tertiary/aromatic N) is 3. The van der Waals surface area contributed by atoms with Crippen LogP contribution >= 0.6 is 0 Å². The molecule has 0 fully saturated rings. The van der Waals surface area contributed by atoms with Crippen LogP contribution in [0.2, 0.25) is 0 Å². The maximum atomic E-state index is 12.3. The molecule has 5 heteroatoms. The molecular weight excluding hydrogens is 290 g/mol. The van der Waals surface area contributed by atoms with Crippen LogP contribution in [0.25, 0.3) is 17.1 Å². The Morgan fingerprint density at radius 2 is 1.78 bits per heavy atom. The van der Waals surface area contributed by atoms with Gasteiger partial charge in [0, 0.05) is 6.20 Å². The highest BCUT2D eigenvalue weighted by Gasteiger charge is 2.25. The Balaban J connectivity index is 2.27. The van der Waals surface area contributed by atoms with Gasteiger partial charge < -0.3 is 4.74 Å². The fraction of sp³-hybridized carbons (Fsp3) is 0.167. The molecule has 0 saturated heterocycles. The van der Waals surface area contributed by atoms with Crippen LogP contribution in [0.5, 0.6) is 0 Å². The minimum Gasteiger partial charge on any atom is -0.465 e. The minimum absolute atomic E-state index is 0.412. The molecule has 0 amide bonds. The first-order valence-corrected chi connectivity index (χ1v) is 7.29. The lowest BCUT2D eigenvalue weighted by Crippen LogP contribution is -2.05. The van der Waals surface area contributed by atoms with Gasteiger partial charge in [-0.25, -0.2) is 9.48 Å². The van der Waals surface area contributed by atoms with Gasteiger partial charge in [-0.2, -0.15) is 5.10 Å². The van der Waals surface area contributed by atoms with E-state index in [-0.39, 0.29) is 0 Å². The molecule has 2 heterocycles. The molecular formula is C18H17N3O2. The molecule has 0 aliphatic carbocycles. The number of pyridine rings is 1. The largest absolute Gasteiger partial charge is 0.465 e. The number of ether oxygens (including phenoxy) is 1. The number of esters is 1. The predicted molar refractivity (Wildman–Crippen MR) is 87.6 cm³/mol. The average Bonchev–Trinajstić information content (AvgIpc) is 2.92. The molecule has 0 atom stereocenters. The van der Waals surface area contributed by atoms with Crippen LogP contribution in [0.1, 0.15) is 21.6 Å². The van der Waals surface area contributed by atoms with Crippen molar-refractivity contribution < 1.29 is 9.53 Å². The quantitative estimate of drug-likeness (QED) is 0.696. The number of carbonyl (C=O) groups excluding carboxylic acids is 1. The van der Waals surface area contributed by atoms with Crippen LogP contribution in [0.15, 0.2) is 48.7 Å². The predicted octanol–water partition coefficient (Wildman–Crippen LogP) is 3.34. The molecule has 2 aromatic heterocycles. The number of hydrogen-bond acceptors (Lipinski definition) is 4. The van der Waals surface area contributed by atoms with Gasteiger partial charge in [-0.3, -0.25) is 4.98 Å². The van der Waals surface area contributed by atoms with Crippen molar-refractivity contribution in [2.24, 2.45) is 0 Å². The zero-order chi connectivity index (χ0) is 16.4. The van der Waals surface area contributed by atoms with Crippen molar-refractivity contribution in [2.75, 3.05) is 7.11 Å². The molecule has 0 aliphatic rings. The molecule has 1 aromatic carbocycles. The lowest BCUT2D eigenvalue weighted by Gasteiger charge is -2.04. The second-order valence-corrected chi connectivity index (χ2v) is 5.22. The van der Waals surface area contributed by atoms with Crippen molar-refractivity contribution >= 4 is 5.97 Å². The summed E-state index contributed by atoms with van der Waals surface area (Å²) in [5.41, 5.74) is 4.23. The Labute approximate surface area is 134 Å². The van der Waals surface area contributed by atoms with Crippen molar-refractivity contribution in [3.8, 4) is 17.1 Å². The zero-order valence-electron chi connectivity index (χ0n) is 13.3. The Hall–Kier alpha value is -2.95. The van der Waals surface area contributed by atoms with E-state index in [9.17, 15) is 4.79 Å². The normalized spacial score (nSPS) is 10.6. The van der Waals surface area contributed by atoms with E-state index in [4.69, 9.17) is 4.74 Å². The van der Waals surface area contributed by atoms with Gasteiger partial charge in [-0.05, 0) is 37.6 Å². The molecule has 116 valence electrons. The SMILES string of the molecule is COC(=O)c1c(-c2ncccc2C)nn(-c2ccccc2)c1C. The Kier molecular flexibility index (Phi) is 3.93. The van der Waals surface area contributed by atoms with Gasteiger partial charge >= 0.3 is 5.97 Å². The van der Waals surface area contributed by atoms with Crippen LogP contribution in [-0.4, -0.2) is 27.8 Å². The van der Waals surface area contributed by atoms with Crippen LogP contribution in [0.3, 0.4) is 0 Å². The Morgan fingerprint density at radius 1 is 1.04 bits per heavy atom. The molecule has 23 heavy (non-hydrogen) atoms. The summed E-state index contributed by atoms with van der Waals surface area (Å²) in [7, 11) is 1.37. The summed E-state index contributed by atoms with van der Waals surface area (Å²) in [4.78, 5) is 16.7. The fourth-order valence-electron chi connectivity index (χ4n) is 2.57. The topological polar surface area (TPSA) is 57.0 Å². The van der Waals surface area contributed by atoms with E-state index in [1.807, 2.05) is 56.3 Å². The van der Waals surface area contributed by atoms with Gasteiger partial charge in [-0.15, -0.1) is 0 Å². The summed E-state index contributed by atoms with van der Waals surface area (Å²) in [6, 6.07) is 13.5. The van der Waals surface area contributed by atoms with E-state index in [1.165, 1.54) is 7.11 Å². The molecule has 5 nitrogen and oxygen atoms in total. The van der Waals surface area contributed by atoms with Crippen LogP contribution in [-0.2, 0) is 4.74 Å². The first kappa shape index (κ1) is 15.0. The molecule has 3 rings (SSSR count). The van der Waals surface area contributed by atoms with Gasteiger partial charge in [0.25, 0.3) is 0 Å². The molecule has 0 unspecified atom stereocenters. The number of aromatic nitrogens is 3. The molecule has 0 N–H and O–H groups in total. The summed E-state index contributed by atoms with van der Waals surface area (Å²) in [5, 5.41) is 4.63. The van der Waals surface area contributed by atoms with Gasteiger partial charge in [0.1, 0.15) is 11.3 Å². The highest BCUT2D eigenvalue weighted by atomic mass is 16.5. The molecule has 0 spiro atoms.